The third-order valence-corrected chi connectivity index (χ3v) is 4.25. The third-order valence-electron chi connectivity index (χ3n) is 2.97. The van der Waals surface area contributed by atoms with Gasteiger partial charge in [0.15, 0.2) is 6.10 Å². The molecule has 0 unspecified atom stereocenters. The van der Waals surface area contributed by atoms with Gasteiger partial charge < -0.3 is 10.1 Å². The first-order chi connectivity index (χ1) is 11.5. The normalized spacial score (nSPS) is 11.6. The second kappa shape index (κ2) is 8.70. The van der Waals surface area contributed by atoms with Gasteiger partial charge in [-0.25, -0.2) is 4.39 Å². The van der Waals surface area contributed by atoms with E-state index in [0.717, 1.165) is 11.8 Å². The number of halogens is 2. The topological polar surface area (TPSA) is 55.4 Å². The second-order valence-corrected chi connectivity index (χ2v) is 6.30. The van der Waals surface area contributed by atoms with Crippen molar-refractivity contribution in [2.75, 3.05) is 11.1 Å². The third kappa shape index (κ3) is 5.54. The van der Waals surface area contributed by atoms with E-state index in [-0.39, 0.29) is 5.75 Å². The first kappa shape index (κ1) is 18.3. The lowest BCUT2D eigenvalue weighted by Crippen LogP contribution is -2.30. The summed E-state index contributed by atoms with van der Waals surface area (Å²) in [5.41, 5.74) is 0.549. The molecule has 24 heavy (non-hydrogen) atoms. The molecular formula is C17H15ClFNO3S. The Labute approximate surface area is 148 Å². The number of benzene rings is 2. The SMILES string of the molecule is C[C@@H](OC(=O)CSc1ccccc1F)C(=O)Nc1ccc(Cl)cc1. The molecule has 0 aliphatic rings. The zero-order valence-electron chi connectivity index (χ0n) is 12.8. The highest BCUT2D eigenvalue weighted by Gasteiger charge is 2.18. The zero-order chi connectivity index (χ0) is 17.5. The van der Waals surface area contributed by atoms with E-state index in [4.69, 9.17) is 16.3 Å². The number of hydrogen-bond acceptors (Lipinski definition) is 4. The largest absolute Gasteiger partial charge is 0.452 e. The van der Waals surface area contributed by atoms with E-state index in [1.54, 1.807) is 42.5 Å². The van der Waals surface area contributed by atoms with Gasteiger partial charge in [-0.15, -0.1) is 11.8 Å². The van der Waals surface area contributed by atoms with Crippen LogP contribution in [0.2, 0.25) is 5.02 Å². The van der Waals surface area contributed by atoms with Crippen molar-refractivity contribution in [3.8, 4) is 0 Å². The Kier molecular flexibility index (Phi) is 6.63. The molecule has 2 rings (SSSR count). The number of ether oxygens (including phenoxy) is 1. The standard InChI is InChI=1S/C17H15ClFNO3S/c1-11(17(22)20-13-8-6-12(18)7-9-13)23-16(21)10-24-15-5-3-2-4-14(15)19/h2-9,11H,10H2,1H3,(H,20,22)/t11-/m1/s1. The van der Waals surface area contributed by atoms with Gasteiger partial charge in [0.05, 0.1) is 5.75 Å². The van der Waals surface area contributed by atoms with Gasteiger partial charge in [-0.1, -0.05) is 23.7 Å². The van der Waals surface area contributed by atoms with E-state index in [1.165, 1.54) is 13.0 Å². The summed E-state index contributed by atoms with van der Waals surface area (Å²) >= 11 is 6.78. The molecule has 1 atom stereocenters. The molecular weight excluding hydrogens is 353 g/mol. The minimum absolute atomic E-state index is 0.0838. The van der Waals surface area contributed by atoms with Crippen molar-refractivity contribution in [3.05, 3.63) is 59.4 Å². The van der Waals surface area contributed by atoms with E-state index in [1.807, 2.05) is 0 Å². The van der Waals surface area contributed by atoms with Crippen molar-refractivity contribution in [2.45, 2.75) is 17.9 Å². The van der Waals surface area contributed by atoms with Crippen LogP contribution in [0.4, 0.5) is 10.1 Å². The molecule has 2 aromatic carbocycles. The average molecular weight is 368 g/mol. The van der Waals surface area contributed by atoms with Crippen molar-refractivity contribution in [2.24, 2.45) is 0 Å². The van der Waals surface area contributed by atoms with Crippen LogP contribution < -0.4 is 5.32 Å². The number of hydrogen-bond donors (Lipinski definition) is 1. The van der Waals surface area contributed by atoms with Crippen LogP contribution in [0.15, 0.2) is 53.4 Å². The van der Waals surface area contributed by atoms with E-state index in [2.05, 4.69) is 5.32 Å². The van der Waals surface area contributed by atoms with Crippen molar-refractivity contribution in [3.63, 3.8) is 0 Å². The first-order valence-electron chi connectivity index (χ1n) is 7.09. The van der Waals surface area contributed by atoms with Gasteiger partial charge in [0.25, 0.3) is 5.91 Å². The van der Waals surface area contributed by atoms with Crippen molar-refractivity contribution < 1.29 is 18.7 Å². The predicted molar refractivity (Wildman–Crippen MR) is 92.8 cm³/mol. The molecule has 0 radical (unpaired) electrons. The fourth-order valence-corrected chi connectivity index (χ4v) is 2.61. The number of nitrogens with one attached hydrogen (secondary N) is 1. The summed E-state index contributed by atoms with van der Waals surface area (Å²) < 4.78 is 18.5. The molecule has 1 amide bonds. The Balaban J connectivity index is 1.81. The minimum Gasteiger partial charge on any atom is -0.452 e. The van der Waals surface area contributed by atoms with Crippen LogP contribution in [0.25, 0.3) is 0 Å². The lowest BCUT2D eigenvalue weighted by molar-refractivity contribution is -0.150. The molecule has 0 aromatic heterocycles. The number of thioether (sulfide) groups is 1. The summed E-state index contributed by atoms with van der Waals surface area (Å²) in [6.45, 7) is 1.47. The van der Waals surface area contributed by atoms with Gasteiger partial charge in [-0.05, 0) is 43.3 Å². The quantitative estimate of drug-likeness (QED) is 0.615. The van der Waals surface area contributed by atoms with Gasteiger partial charge in [0, 0.05) is 15.6 Å². The Bertz CT molecular complexity index is 724. The fourth-order valence-electron chi connectivity index (χ4n) is 1.76. The zero-order valence-corrected chi connectivity index (χ0v) is 14.4. The number of rotatable bonds is 6. The van der Waals surface area contributed by atoms with Crippen LogP contribution in [0.5, 0.6) is 0 Å². The number of amides is 1. The lowest BCUT2D eigenvalue weighted by atomic mass is 10.3. The van der Waals surface area contributed by atoms with Crippen LogP contribution in [-0.2, 0) is 14.3 Å². The Hall–Kier alpha value is -2.05. The number of anilines is 1. The van der Waals surface area contributed by atoms with E-state index >= 15 is 0 Å². The molecule has 0 aliphatic heterocycles. The number of carbonyl (C=O) groups is 2. The maximum Gasteiger partial charge on any atom is 0.317 e. The smallest absolute Gasteiger partial charge is 0.317 e. The summed E-state index contributed by atoms with van der Waals surface area (Å²) in [6.07, 6.45) is -0.964. The average Bonchev–Trinajstić information content (AvgIpc) is 2.56. The Morgan fingerprint density at radius 1 is 1.21 bits per heavy atom. The molecule has 0 fully saturated rings. The summed E-state index contributed by atoms with van der Waals surface area (Å²) in [7, 11) is 0. The summed E-state index contributed by atoms with van der Waals surface area (Å²) in [5.74, 6) is -1.54. The molecule has 0 heterocycles. The highest BCUT2D eigenvalue weighted by molar-refractivity contribution is 8.00. The molecule has 0 bridgehead atoms. The monoisotopic (exact) mass is 367 g/mol. The highest BCUT2D eigenvalue weighted by atomic mass is 35.5. The second-order valence-electron chi connectivity index (χ2n) is 4.85. The molecule has 7 heteroatoms. The number of carbonyl (C=O) groups excluding carboxylic acids is 2. The predicted octanol–water partition coefficient (Wildman–Crippen LogP) is 4.14. The van der Waals surface area contributed by atoms with Crippen LogP contribution in [-0.4, -0.2) is 23.7 Å². The fraction of sp³-hybridized carbons (Fsp3) is 0.176. The maximum atomic E-state index is 13.5. The van der Waals surface area contributed by atoms with Gasteiger partial charge in [-0.3, -0.25) is 9.59 Å². The highest BCUT2D eigenvalue weighted by Crippen LogP contribution is 2.21. The van der Waals surface area contributed by atoms with Crippen molar-refractivity contribution in [1.82, 2.24) is 0 Å². The van der Waals surface area contributed by atoms with E-state index in [0.29, 0.717) is 15.6 Å². The van der Waals surface area contributed by atoms with Gasteiger partial charge in [0.2, 0.25) is 0 Å². The van der Waals surface area contributed by atoms with Crippen molar-refractivity contribution >= 4 is 40.9 Å². The van der Waals surface area contributed by atoms with Crippen LogP contribution >= 0.6 is 23.4 Å². The van der Waals surface area contributed by atoms with Gasteiger partial charge in [-0.2, -0.15) is 0 Å². The minimum atomic E-state index is -0.964. The number of esters is 1. The summed E-state index contributed by atoms with van der Waals surface area (Å²) in [4.78, 5) is 24.1. The van der Waals surface area contributed by atoms with Gasteiger partial charge >= 0.3 is 5.97 Å². The summed E-state index contributed by atoms with van der Waals surface area (Å²) in [5, 5.41) is 3.17. The molecule has 0 saturated carbocycles. The van der Waals surface area contributed by atoms with Crippen molar-refractivity contribution in [1.29, 1.82) is 0 Å². The Morgan fingerprint density at radius 3 is 2.54 bits per heavy atom. The molecule has 126 valence electrons. The molecule has 4 nitrogen and oxygen atoms in total. The lowest BCUT2D eigenvalue weighted by Gasteiger charge is -2.13. The molecule has 1 N–H and O–H groups in total. The van der Waals surface area contributed by atoms with Crippen LogP contribution in [0.3, 0.4) is 0 Å². The molecule has 0 saturated heterocycles. The maximum absolute atomic E-state index is 13.5. The first-order valence-corrected chi connectivity index (χ1v) is 8.45. The van der Waals surface area contributed by atoms with Gasteiger partial charge in [0.1, 0.15) is 5.82 Å². The van der Waals surface area contributed by atoms with E-state index < -0.39 is 23.8 Å². The van der Waals surface area contributed by atoms with Crippen LogP contribution in [0, 0.1) is 5.82 Å². The Morgan fingerprint density at radius 2 is 1.88 bits per heavy atom. The van der Waals surface area contributed by atoms with E-state index in [9.17, 15) is 14.0 Å². The molecule has 0 spiro atoms. The summed E-state index contributed by atoms with van der Waals surface area (Å²) in [6, 6.07) is 12.7. The van der Waals surface area contributed by atoms with Crippen LogP contribution in [0.1, 0.15) is 6.92 Å². The molecule has 0 aliphatic carbocycles. The molecule has 2 aromatic rings.